The van der Waals surface area contributed by atoms with Gasteiger partial charge in [-0.15, -0.1) is 0 Å². The lowest BCUT2D eigenvalue weighted by Crippen LogP contribution is -2.06. The average molecular weight is 148 g/mol. The van der Waals surface area contributed by atoms with Gasteiger partial charge in [-0.05, 0) is 0 Å². The van der Waals surface area contributed by atoms with E-state index in [9.17, 15) is 9.18 Å². The minimum absolute atomic E-state index is 0.0261. The maximum Gasteiger partial charge on any atom is 0.366 e. The molecule has 0 aliphatic carbocycles. The number of aliphatic hydroxyl groups excluding tert-OH is 1. The smallest absolute Gasteiger partial charge is 0.366 e. The summed E-state index contributed by atoms with van der Waals surface area (Å²) in [5, 5.41) is 8.21. The summed E-state index contributed by atoms with van der Waals surface area (Å²) in [6.45, 7) is 2.68. The van der Waals surface area contributed by atoms with Crippen LogP contribution in [0.1, 0.15) is 6.42 Å². The molecule has 0 aliphatic rings. The first-order valence-corrected chi connectivity index (χ1v) is 2.81. The van der Waals surface area contributed by atoms with Crippen molar-refractivity contribution in [3.63, 3.8) is 0 Å². The predicted octanol–water partition coefficient (Wildman–Crippen LogP) is 0.395. The molecule has 0 spiro atoms. The van der Waals surface area contributed by atoms with Gasteiger partial charge in [0, 0.05) is 13.0 Å². The van der Waals surface area contributed by atoms with Crippen LogP contribution < -0.4 is 0 Å². The van der Waals surface area contributed by atoms with Crippen LogP contribution in [0.2, 0.25) is 0 Å². The van der Waals surface area contributed by atoms with E-state index in [0.717, 1.165) is 0 Å². The number of esters is 1. The zero-order valence-corrected chi connectivity index (χ0v) is 5.47. The molecule has 0 radical (unpaired) electrons. The Morgan fingerprint density at radius 3 is 2.70 bits per heavy atom. The number of carbonyl (C=O) groups is 1. The Hall–Kier alpha value is -0.900. The monoisotopic (exact) mass is 148 g/mol. The number of carbonyl (C=O) groups excluding carboxylic acids is 1. The van der Waals surface area contributed by atoms with Gasteiger partial charge in [-0.3, -0.25) is 0 Å². The molecule has 0 saturated carbocycles. The lowest BCUT2D eigenvalue weighted by atomic mass is 10.5. The number of aliphatic hydroxyl groups is 1. The van der Waals surface area contributed by atoms with Gasteiger partial charge in [0.25, 0.3) is 0 Å². The van der Waals surface area contributed by atoms with Gasteiger partial charge in [0.05, 0.1) is 6.61 Å². The van der Waals surface area contributed by atoms with E-state index in [1.165, 1.54) is 0 Å². The SMILES string of the molecule is C=C(F)C(=O)OCCCO. The molecule has 0 saturated heterocycles. The Morgan fingerprint density at radius 2 is 2.30 bits per heavy atom. The molecule has 0 rings (SSSR count). The van der Waals surface area contributed by atoms with E-state index < -0.39 is 11.8 Å². The minimum atomic E-state index is -1.11. The van der Waals surface area contributed by atoms with Crippen LogP contribution in [0, 0.1) is 0 Å². The van der Waals surface area contributed by atoms with Crippen LogP contribution in [-0.2, 0) is 9.53 Å². The van der Waals surface area contributed by atoms with Crippen LogP contribution in [0.3, 0.4) is 0 Å². The van der Waals surface area contributed by atoms with E-state index in [2.05, 4.69) is 11.3 Å². The van der Waals surface area contributed by atoms with E-state index in [1.807, 2.05) is 0 Å². The summed E-state index contributed by atoms with van der Waals surface area (Å²) in [5.74, 6) is -2.17. The third-order valence-electron chi connectivity index (χ3n) is 0.757. The van der Waals surface area contributed by atoms with Gasteiger partial charge in [-0.2, -0.15) is 4.39 Å². The number of hydrogen-bond donors (Lipinski definition) is 1. The molecule has 0 amide bonds. The fraction of sp³-hybridized carbons (Fsp3) is 0.500. The summed E-state index contributed by atoms with van der Waals surface area (Å²) in [6.07, 6.45) is 0.318. The summed E-state index contributed by atoms with van der Waals surface area (Å²) in [5.41, 5.74) is 0. The molecule has 58 valence electrons. The average Bonchev–Trinajstić information content (AvgIpc) is 1.88. The number of ether oxygens (including phenoxy) is 1. The lowest BCUT2D eigenvalue weighted by molar-refractivity contribution is -0.140. The van der Waals surface area contributed by atoms with Crippen LogP contribution in [0.5, 0.6) is 0 Å². The molecule has 0 bridgehead atoms. The quantitative estimate of drug-likeness (QED) is 0.356. The number of hydrogen-bond acceptors (Lipinski definition) is 3. The third-order valence-corrected chi connectivity index (χ3v) is 0.757. The topological polar surface area (TPSA) is 46.5 Å². The van der Waals surface area contributed by atoms with Crippen molar-refractivity contribution in [2.45, 2.75) is 6.42 Å². The molecule has 4 heteroatoms. The Labute approximate surface area is 58.1 Å². The molecule has 0 aromatic carbocycles. The first-order chi connectivity index (χ1) is 4.68. The Kier molecular flexibility index (Phi) is 4.49. The summed E-state index contributed by atoms with van der Waals surface area (Å²) in [7, 11) is 0. The Balaban J connectivity index is 3.31. The minimum Gasteiger partial charge on any atom is -0.460 e. The van der Waals surface area contributed by atoms with E-state index in [0.29, 0.717) is 6.42 Å². The largest absolute Gasteiger partial charge is 0.460 e. The first kappa shape index (κ1) is 9.10. The van der Waals surface area contributed by atoms with Crippen molar-refractivity contribution in [2.75, 3.05) is 13.2 Å². The molecule has 3 nitrogen and oxygen atoms in total. The fourth-order valence-electron chi connectivity index (χ4n) is 0.308. The van der Waals surface area contributed by atoms with Crippen molar-refractivity contribution < 1.29 is 19.0 Å². The van der Waals surface area contributed by atoms with Crippen LogP contribution in [0.4, 0.5) is 4.39 Å². The van der Waals surface area contributed by atoms with Crippen molar-refractivity contribution in [1.29, 1.82) is 0 Å². The molecule has 0 fully saturated rings. The highest BCUT2D eigenvalue weighted by Gasteiger charge is 2.05. The van der Waals surface area contributed by atoms with Gasteiger partial charge >= 0.3 is 5.97 Å². The maximum absolute atomic E-state index is 11.8. The van der Waals surface area contributed by atoms with E-state index in [4.69, 9.17) is 5.11 Å². The van der Waals surface area contributed by atoms with E-state index in [1.54, 1.807) is 0 Å². The fourth-order valence-corrected chi connectivity index (χ4v) is 0.308. The zero-order valence-electron chi connectivity index (χ0n) is 5.47. The molecular weight excluding hydrogens is 139 g/mol. The lowest BCUT2D eigenvalue weighted by Gasteiger charge is -1.98. The molecular formula is C6H9FO3. The van der Waals surface area contributed by atoms with Gasteiger partial charge in [-0.25, -0.2) is 4.79 Å². The Morgan fingerprint density at radius 1 is 1.70 bits per heavy atom. The van der Waals surface area contributed by atoms with E-state index in [-0.39, 0.29) is 13.2 Å². The van der Waals surface area contributed by atoms with E-state index >= 15 is 0 Å². The molecule has 10 heavy (non-hydrogen) atoms. The standard InChI is InChI=1S/C6H9FO3/c1-5(7)6(9)10-4-2-3-8/h8H,1-4H2. The second kappa shape index (κ2) is 4.93. The molecule has 0 heterocycles. The van der Waals surface area contributed by atoms with Crippen molar-refractivity contribution in [3.8, 4) is 0 Å². The third kappa shape index (κ3) is 4.03. The number of rotatable bonds is 4. The summed E-state index contributed by atoms with van der Waals surface area (Å²) >= 11 is 0. The highest BCUT2D eigenvalue weighted by atomic mass is 19.1. The Bertz CT molecular complexity index is 133. The summed E-state index contributed by atoms with van der Waals surface area (Å²) in [6, 6.07) is 0. The molecule has 0 aromatic rings. The highest BCUT2D eigenvalue weighted by molar-refractivity contribution is 5.85. The zero-order chi connectivity index (χ0) is 7.98. The molecule has 0 unspecified atom stereocenters. The van der Waals surface area contributed by atoms with Crippen molar-refractivity contribution in [2.24, 2.45) is 0 Å². The van der Waals surface area contributed by atoms with Crippen LogP contribution in [-0.4, -0.2) is 24.3 Å². The maximum atomic E-state index is 11.8. The predicted molar refractivity (Wildman–Crippen MR) is 32.9 cm³/mol. The van der Waals surface area contributed by atoms with Gasteiger partial charge in [0.2, 0.25) is 5.83 Å². The van der Waals surface area contributed by atoms with Crippen molar-refractivity contribution >= 4 is 5.97 Å². The second-order valence-electron chi connectivity index (χ2n) is 1.62. The summed E-state index contributed by atoms with van der Waals surface area (Å²) in [4.78, 5) is 10.2. The molecule has 0 aromatic heterocycles. The highest BCUT2D eigenvalue weighted by Crippen LogP contribution is 1.95. The molecule has 0 aliphatic heterocycles. The van der Waals surface area contributed by atoms with Crippen molar-refractivity contribution in [1.82, 2.24) is 0 Å². The van der Waals surface area contributed by atoms with Gasteiger partial charge in [0.1, 0.15) is 0 Å². The second-order valence-corrected chi connectivity index (χ2v) is 1.62. The van der Waals surface area contributed by atoms with Gasteiger partial charge < -0.3 is 9.84 Å². The van der Waals surface area contributed by atoms with Crippen LogP contribution in [0.15, 0.2) is 12.4 Å². The normalized spacial score (nSPS) is 9.00. The molecule has 0 atom stereocenters. The molecule has 1 N–H and O–H groups in total. The van der Waals surface area contributed by atoms with Crippen LogP contribution in [0.25, 0.3) is 0 Å². The van der Waals surface area contributed by atoms with Gasteiger partial charge in [-0.1, -0.05) is 6.58 Å². The number of halogens is 1. The van der Waals surface area contributed by atoms with Crippen LogP contribution >= 0.6 is 0 Å². The first-order valence-electron chi connectivity index (χ1n) is 2.81. The van der Waals surface area contributed by atoms with Gasteiger partial charge in [0.15, 0.2) is 0 Å². The summed E-state index contributed by atoms with van der Waals surface area (Å²) < 4.78 is 16.1. The van der Waals surface area contributed by atoms with Crippen molar-refractivity contribution in [3.05, 3.63) is 12.4 Å².